The van der Waals surface area contributed by atoms with E-state index in [0.717, 1.165) is 11.1 Å². The number of amides is 3. The Morgan fingerprint density at radius 1 is 1.23 bits per heavy atom. The van der Waals surface area contributed by atoms with Gasteiger partial charge >= 0.3 is 6.03 Å². The molecule has 2 aliphatic heterocycles. The molecule has 2 aromatic rings. The highest BCUT2D eigenvalue weighted by molar-refractivity contribution is 6.30. The molecule has 0 aromatic heterocycles. The number of nitrogens with zero attached hydrogens (tertiary/aromatic N) is 1. The minimum Gasteiger partial charge on any atom is -0.467 e. The summed E-state index contributed by atoms with van der Waals surface area (Å²) in [6.07, 6.45) is 0. The van der Waals surface area contributed by atoms with Crippen LogP contribution in [0.25, 0.3) is 0 Å². The van der Waals surface area contributed by atoms with Crippen molar-refractivity contribution in [1.29, 1.82) is 0 Å². The Morgan fingerprint density at radius 3 is 2.77 bits per heavy atom. The zero-order valence-corrected chi connectivity index (χ0v) is 14.9. The van der Waals surface area contributed by atoms with Crippen LogP contribution in [0.5, 0.6) is 5.75 Å². The number of fused-ring (bicyclic) bond motifs is 1. The molecule has 1 saturated heterocycles. The Labute approximate surface area is 155 Å². The van der Waals surface area contributed by atoms with Crippen LogP contribution in [0.2, 0.25) is 5.02 Å². The third-order valence-electron chi connectivity index (χ3n) is 4.71. The van der Waals surface area contributed by atoms with Crippen LogP contribution in [0.15, 0.2) is 42.5 Å². The summed E-state index contributed by atoms with van der Waals surface area (Å²) >= 11 is 6.18. The van der Waals surface area contributed by atoms with Crippen LogP contribution in [0.4, 0.5) is 4.79 Å². The van der Waals surface area contributed by atoms with E-state index >= 15 is 0 Å². The first kappa shape index (κ1) is 16.9. The van der Waals surface area contributed by atoms with Gasteiger partial charge in [-0.2, -0.15) is 0 Å². The lowest BCUT2D eigenvalue weighted by atomic mass is 9.92. The van der Waals surface area contributed by atoms with Gasteiger partial charge < -0.3 is 14.8 Å². The number of nitrogens with one attached hydrogen (secondary N) is 1. The zero-order valence-electron chi connectivity index (χ0n) is 14.1. The van der Waals surface area contributed by atoms with Gasteiger partial charge in [0.05, 0.1) is 13.2 Å². The van der Waals surface area contributed by atoms with Gasteiger partial charge in [-0.15, -0.1) is 0 Å². The van der Waals surface area contributed by atoms with Crippen molar-refractivity contribution in [2.45, 2.75) is 25.6 Å². The molecule has 1 fully saturated rings. The molecule has 2 aliphatic rings. The first-order valence-electron chi connectivity index (χ1n) is 8.20. The lowest BCUT2D eigenvalue weighted by Crippen LogP contribution is -2.40. The van der Waals surface area contributed by atoms with Gasteiger partial charge in [-0.3, -0.25) is 9.69 Å². The third kappa shape index (κ3) is 2.71. The Hall–Kier alpha value is -2.57. The van der Waals surface area contributed by atoms with Crippen LogP contribution in [0.1, 0.15) is 23.6 Å². The predicted molar refractivity (Wildman–Crippen MR) is 94.6 cm³/mol. The fourth-order valence-corrected chi connectivity index (χ4v) is 3.62. The second-order valence-corrected chi connectivity index (χ2v) is 6.91. The molecule has 26 heavy (non-hydrogen) atoms. The number of carbonyl (C=O) groups is 2. The highest BCUT2D eigenvalue weighted by Gasteiger charge is 2.49. The number of hydrogen-bond acceptors (Lipinski definition) is 4. The molecule has 0 spiro atoms. The molecule has 3 amide bonds. The maximum absolute atomic E-state index is 13.0. The number of imide groups is 1. The van der Waals surface area contributed by atoms with Crippen LogP contribution in [0, 0.1) is 0 Å². The van der Waals surface area contributed by atoms with Crippen molar-refractivity contribution in [3.05, 3.63) is 64.2 Å². The smallest absolute Gasteiger partial charge is 0.325 e. The van der Waals surface area contributed by atoms with Crippen LogP contribution >= 0.6 is 11.6 Å². The van der Waals surface area contributed by atoms with Crippen molar-refractivity contribution in [3.8, 4) is 5.75 Å². The summed E-state index contributed by atoms with van der Waals surface area (Å²) in [4.78, 5) is 26.8. The molecule has 6 nitrogen and oxygen atoms in total. The van der Waals surface area contributed by atoms with Crippen LogP contribution in [-0.2, 0) is 28.2 Å². The van der Waals surface area contributed by atoms with Gasteiger partial charge in [0.25, 0.3) is 5.91 Å². The van der Waals surface area contributed by atoms with Crippen molar-refractivity contribution in [1.82, 2.24) is 10.2 Å². The molecule has 0 saturated carbocycles. The molecule has 7 heteroatoms. The SMILES string of the molecule is C[C@]1(c2ccccc2)NC(=O)N(Cc2cc(Cl)cc3c2OCOC3)C1=O. The fraction of sp³-hybridized carbons (Fsp3) is 0.263. The zero-order chi connectivity index (χ0) is 18.3. The summed E-state index contributed by atoms with van der Waals surface area (Å²) in [5.74, 6) is 0.309. The molecule has 4 rings (SSSR count). The molecular weight excluding hydrogens is 356 g/mol. The van der Waals surface area contributed by atoms with Crippen molar-refractivity contribution in [3.63, 3.8) is 0 Å². The first-order chi connectivity index (χ1) is 12.5. The minimum atomic E-state index is -1.10. The largest absolute Gasteiger partial charge is 0.467 e. The summed E-state index contributed by atoms with van der Waals surface area (Å²) in [6, 6.07) is 12.2. The summed E-state index contributed by atoms with van der Waals surface area (Å²) in [7, 11) is 0. The second kappa shape index (κ2) is 6.30. The monoisotopic (exact) mass is 372 g/mol. The standard InChI is InChI=1S/C19H17ClN2O4/c1-19(14-5-3-2-4-6-14)17(23)22(18(24)21-19)9-12-7-15(20)8-13-10-25-11-26-16(12)13/h2-8H,9-11H2,1H3,(H,21,24)/t19-/m1/s1. The highest BCUT2D eigenvalue weighted by atomic mass is 35.5. The quantitative estimate of drug-likeness (QED) is 0.840. The van der Waals surface area contributed by atoms with Crippen molar-refractivity contribution in [2.24, 2.45) is 0 Å². The van der Waals surface area contributed by atoms with Gasteiger partial charge in [0.15, 0.2) is 6.79 Å². The van der Waals surface area contributed by atoms with E-state index in [1.165, 1.54) is 4.90 Å². The number of carbonyl (C=O) groups excluding carboxylic acids is 2. The Bertz CT molecular complexity index is 887. The van der Waals surface area contributed by atoms with E-state index in [4.69, 9.17) is 21.1 Å². The number of ether oxygens (including phenoxy) is 2. The second-order valence-electron chi connectivity index (χ2n) is 6.48. The van der Waals surface area contributed by atoms with E-state index in [2.05, 4.69) is 5.32 Å². The molecule has 0 radical (unpaired) electrons. The van der Waals surface area contributed by atoms with E-state index < -0.39 is 11.6 Å². The Kier molecular flexibility index (Phi) is 4.09. The summed E-state index contributed by atoms with van der Waals surface area (Å²) in [5, 5.41) is 3.31. The van der Waals surface area contributed by atoms with Gasteiger partial charge in [-0.25, -0.2) is 4.79 Å². The fourth-order valence-electron chi connectivity index (χ4n) is 3.35. The average Bonchev–Trinajstić information content (AvgIpc) is 2.86. The number of hydrogen-bond donors (Lipinski definition) is 1. The number of rotatable bonds is 3. The van der Waals surface area contributed by atoms with E-state index in [0.29, 0.717) is 22.9 Å². The topological polar surface area (TPSA) is 67.9 Å². The highest BCUT2D eigenvalue weighted by Crippen LogP contribution is 2.35. The van der Waals surface area contributed by atoms with Crippen LogP contribution < -0.4 is 10.1 Å². The number of benzene rings is 2. The van der Waals surface area contributed by atoms with Gasteiger partial charge in [-0.1, -0.05) is 41.9 Å². The van der Waals surface area contributed by atoms with E-state index in [1.54, 1.807) is 19.1 Å². The van der Waals surface area contributed by atoms with Gasteiger partial charge in [0.2, 0.25) is 0 Å². The molecular formula is C19H17ClN2O4. The average molecular weight is 373 g/mol. The van der Waals surface area contributed by atoms with Gasteiger partial charge in [0, 0.05) is 16.1 Å². The predicted octanol–water partition coefficient (Wildman–Crippen LogP) is 3.17. The van der Waals surface area contributed by atoms with Crippen molar-refractivity contribution in [2.75, 3.05) is 6.79 Å². The van der Waals surface area contributed by atoms with E-state index in [9.17, 15) is 9.59 Å². The number of urea groups is 1. The van der Waals surface area contributed by atoms with E-state index in [-0.39, 0.29) is 19.2 Å². The lowest BCUT2D eigenvalue weighted by molar-refractivity contribution is -0.131. The summed E-state index contributed by atoms with van der Waals surface area (Å²) < 4.78 is 10.8. The lowest BCUT2D eigenvalue weighted by Gasteiger charge is -2.24. The Morgan fingerprint density at radius 2 is 2.00 bits per heavy atom. The van der Waals surface area contributed by atoms with Gasteiger partial charge in [-0.05, 0) is 24.6 Å². The van der Waals surface area contributed by atoms with Crippen molar-refractivity contribution < 1.29 is 19.1 Å². The Balaban J connectivity index is 1.67. The maximum Gasteiger partial charge on any atom is 0.325 e. The van der Waals surface area contributed by atoms with E-state index in [1.807, 2.05) is 30.3 Å². The maximum atomic E-state index is 13.0. The minimum absolute atomic E-state index is 0.0793. The molecule has 1 atom stereocenters. The van der Waals surface area contributed by atoms with Crippen molar-refractivity contribution >= 4 is 23.5 Å². The molecule has 1 N–H and O–H groups in total. The molecule has 0 bridgehead atoms. The molecule has 0 aliphatic carbocycles. The summed E-state index contributed by atoms with van der Waals surface area (Å²) in [6.45, 7) is 2.30. The molecule has 2 aromatic carbocycles. The first-order valence-corrected chi connectivity index (χ1v) is 8.58. The van der Waals surface area contributed by atoms with Gasteiger partial charge in [0.1, 0.15) is 11.3 Å². The third-order valence-corrected chi connectivity index (χ3v) is 4.92. The normalized spacial score (nSPS) is 22.0. The summed E-state index contributed by atoms with van der Waals surface area (Å²) in [5.41, 5.74) is 1.12. The van der Waals surface area contributed by atoms with Crippen LogP contribution in [0.3, 0.4) is 0 Å². The number of halogens is 1. The van der Waals surface area contributed by atoms with Crippen LogP contribution in [-0.4, -0.2) is 23.6 Å². The molecule has 134 valence electrons. The molecule has 0 unspecified atom stereocenters. The molecule has 2 heterocycles.